The second-order valence-corrected chi connectivity index (χ2v) is 4.99. The third-order valence-corrected chi connectivity index (χ3v) is 3.64. The molecule has 0 atom stereocenters. The maximum Gasteiger partial charge on any atom is 0.314 e. The lowest BCUT2D eigenvalue weighted by Crippen LogP contribution is -2.28. The average Bonchev–Trinajstić information content (AvgIpc) is 2.48. The van der Waals surface area contributed by atoms with Crippen LogP contribution in [0.2, 0.25) is 0 Å². The molecule has 0 saturated heterocycles. The number of aliphatic carboxylic acids is 1. The van der Waals surface area contributed by atoms with Crippen LogP contribution in [0.5, 0.6) is 5.75 Å². The molecule has 0 radical (unpaired) electrons. The van der Waals surface area contributed by atoms with Gasteiger partial charge < -0.3 is 9.84 Å². The van der Waals surface area contributed by atoms with Gasteiger partial charge in [-0.1, -0.05) is 0 Å². The number of hydrogen-bond donors (Lipinski definition) is 1. The van der Waals surface area contributed by atoms with Crippen LogP contribution in [-0.4, -0.2) is 23.3 Å². The Kier molecular flexibility index (Phi) is 4.50. The summed E-state index contributed by atoms with van der Waals surface area (Å²) in [6.07, 6.45) is 2.83. The standard InChI is InChI=1S/C15H16O5/c16-9-10-1-7-13(8-2-10)20-15(19)12-5-3-11(4-6-12)14(17)18/h1-2,7-9,11-12H,3-6H2,(H,17,18). The molecule has 20 heavy (non-hydrogen) atoms. The molecule has 5 nitrogen and oxygen atoms in total. The van der Waals surface area contributed by atoms with Crippen molar-refractivity contribution in [1.29, 1.82) is 0 Å². The molecule has 0 amide bonds. The monoisotopic (exact) mass is 276 g/mol. The Hall–Kier alpha value is -2.17. The van der Waals surface area contributed by atoms with Gasteiger partial charge in [0.1, 0.15) is 12.0 Å². The zero-order chi connectivity index (χ0) is 14.5. The van der Waals surface area contributed by atoms with Gasteiger partial charge in [-0.3, -0.25) is 14.4 Å². The Morgan fingerprint density at radius 1 is 1.05 bits per heavy atom. The van der Waals surface area contributed by atoms with Crippen molar-refractivity contribution in [2.75, 3.05) is 0 Å². The third-order valence-electron chi connectivity index (χ3n) is 3.64. The van der Waals surface area contributed by atoms with Crippen LogP contribution in [0.1, 0.15) is 36.0 Å². The highest BCUT2D eigenvalue weighted by atomic mass is 16.5. The molecule has 1 saturated carbocycles. The predicted octanol–water partition coefficient (Wildman–Crippen LogP) is 2.30. The number of carbonyl (C=O) groups excluding carboxylic acids is 2. The molecule has 1 N–H and O–H groups in total. The Labute approximate surface area is 116 Å². The number of hydrogen-bond acceptors (Lipinski definition) is 4. The first-order valence-corrected chi connectivity index (χ1v) is 6.60. The number of ether oxygens (including phenoxy) is 1. The average molecular weight is 276 g/mol. The summed E-state index contributed by atoms with van der Waals surface area (Å²) in [6.45, 7) is 0. The molecule has 1 aliphatic rings. The van der Waals surface area contributed by atoms with Crippen molar-refractivity contribution in [3.63, 3.8) is 0 Å². The van der Waals surface area contributed by atoms with E-state index in [4.69, 9.17) is 9.84 Å². The number of aldehydes is 1. The van der Waals surface area contributed by atoms with E-state index in [0.717, 1.165) is 6.29 Å². The van der Waals surface area contributed by atoms with E-state index in [2.05, 4.69) is 0 Å². The van der Waals surface area contributed by atoms with E-state index in [9.17, 15) is 14.4 Å². The van der Waals surface area contributed by atoms with Gasteiger partial charge in [0.15, 0.2) is 0 Å². The molecule has 1 fully saturated rings. The van der Waals surface area contributed by atoms with Crippen LogP contribution in [0.4, 0.5) is 0 Å². The molecule has 5 heteroatoms. The van der Waals surface area contributed by atoms with Gasteiger partial charge in [0.05, 0.1) is 11.8 Å². The lowest BCUT2D eigenvalue weighted by atomic mass is 9.82. The van der Waals surface area contributed by atoms with Crippen LogP contribution in [0.3, 0.4) is 0 Å². The maximum atomic E-state index is 12.0. The Morgan fingerprint density at radius 2 is 1.60 bits per heavy atom. The molecule has 0 unspecified atom stereocenters. The zero-order valence-corrected chi connectivity index (χ0v) is 11.0. The van der Waals surface area contributed by atoms with Crippen molar-refractivity contribution < 1.29 is 24.2 Å². The fourth-order valence-corrected chi connectivity index (χ4v) is 2.39. The van der Waals surface area contributed by atoms with Gasteiger partial charge in [0.2, 0.25) is 0 Å². The normalized spacial score (nSPS) is 22.0. The van der Waals surface area contributed by atoms with E-state index in [0.29, 0.717) is 37.0 Å². The highest BCUT2D eigenvalue weighted by Gasteiger charge is 2.30. The largest absolute Gasteiger partial charge is 0.481 e. The molecule has 0 spiro atoms. The number of carbonyl (C=O) groups is 3. The van der Waals surface area contributed by atoms with Crippen LogP contribution in [0, 0.1) is 11.8 Å². The highest BCUT2D eigenvalue weighted by Crippen LogP contribution is 2.30. The SMILES string of the molecule is O=Cc1ccc(OC(=O)C2CCC(C(=O)O)CC2)cc1. The number of benzene rings is 1. The fraction of sp³-hybridized carbons (Fsp3) is 0.400. The molecule has 0 aromatic heterocycles. The Bertz CT molecular complexity index is 498. The lowest BCUT2D eigenvalue weighted by Gasteiger charge is -2.24. The number of rotatable bonds is 4. The summed E-state index contributed by atoms with van der Waals surface area (Å²) in [4.78, 5) is 33.3. The molecule has 0 bridgehead atoms. The molecular formula is C15H16O5. The molecule has 1 aliphatic carbocycles. The second-order valence-electron chi connectivity index (χ2n) is 4.99. The highest BCUT2D eigenvalue weighted by molar-refractivity contribution is 5.77. The van der Waals surface area contributed by atoms with E-state index in [1.54, 1.807) is 24.3 Å². The number of carboxylic acid groups (broad SMARTS) is 1. The van der Waals surface area contributed by atoms with Crippen LogP contribution < -0.4 is 4.74 Å². The minimum absolute atomic E-state index is 0.239. The van der Waals surface area contributed by atoms with E-state index in [1.807, 2.05) is 0 Å². The van der Waals surface area contributed by atoms with Crippen molar-refractivity contribution in [3.8, 4) is 5.75 Å². The van der Waals surface area contributed by atoms with Gasteiger partial charge in [-0.2, -0.15) is 0 Å². The van der Waals surface area contributed by atoms with E-state index in [-0.39, 0.29) is 17.8 Å². The molecule has 2 rings (SSSR count). The van der Waals surface area contributed by atoms with Gasteiger partial charge in [-0.25, -0.2) is 0 Å². The van der Waals surface area contributed by atoms with Crippen molar-refractivity contribution >= 4 is 18.2 Å². The van der Waals surface area contributed by atoms with Crippen molar-refractivity contribution in [2.45, 2.75) is 25.7 Å². The van der Waals surface area contributed by atoms with Crippen LogP contribution >= 0.6 is 0 Å². The molecule has 1 aromatic rings. The smallest absolute Gasteiger partial charge is 0.314 e. The minimum atomic E-state index is -0.790. The van der Waals surface area contributed by atoms with E-state index in [1.165, 1.54) is 0 Å². The van der Waals surface area contributed by atoms with Gasteiger partial charge >= 0.3 is 11.9 Å². The first-order valence-electron chi connectivity index (χ1n) is 6.60. The van der Waals surface area contributed by atoms with Crippen molar-refractivity contribution in [1.82, 2.24) is 0 Å². The van der Waals surface area contributed by atoms with Crippen LogP contribution in [0.25, 0.3) is 0 Å². The zero-order valence-electron chi connectivity index (χ0n) is 11.0. The quantitative estimate of drug-likeness (QED) is 0.518. The molecule has 106 valence electrons. The van der Waals surface area contributed by atoms with Gasteiger partial charge in [-0.05, 0) is 49.9 Å². The Balaban J connectivity index is 1.89. The summed E-state index contributed by atoms with van der Waals surface area (Å²) in [5.41, 5.74) is 0.520. The summed E-state index contributed by atoms with van der Waals surface area (Å²) < 4.78 is 5.25. The van der Waals surface area contributed by atoms with E-state index >= 15 is 0 Å². The number of esters is 1. The van der Waals surface area contributed by atoms with Gasteiger partial charge in [-0.15, -0.1) is 0 Å². The Morgan fingerprint density at radius 3 is 2.10 bits per heavy atom. The van der Waals surface area contributed by atoms with Gasteiger partial charge in [0, 0.05) is 5.56 Å². The molecule has 0 heterocycles. The molecule has 0 aliphatic heterocycles. The second kappa shape index (κ2) is 6.32. The first kappa shape index (κ1) is 14.2. The molecular weight excluding hydrogens is 260 g/mol. The van der Waals surface area contributed by atoms with Crippen LogP contribution in [0.15, 0.2) is 24.3 Å². The minimum Gasteiger partial charge on any atom is -0.481 e. The number of carboxylic acids is 1. The predicted molar refractivity (Wildman–Crippen MR) is 70.5 cm³/mol. The fourth-order valence-electron chi connectivity index (χ4n) is 2.39. The first-order chi connectivity index (χ1) is 9.60. The van der Waals surface area contributed by atoms with E-state index < -0.39 is 5.97 Å². The molecule has 1 aromatic carbocycles. The van der Waals surface area contributed by atoms with Crippen LogP contribution in [-0.2, 0) is 9.59 Å². The van der Waals surface area contributed by atoms with Crippen molar-refractivity contribution in [2.24, 2.45) is 11.8 Å². The summed E-state index contributed by atoms with van der Waals surface area (Å²) in [7, 11) is 0. The summed E-state index contributed by atoms with van der Waals surface area (Å²) in [6, 6.07) is 6.31. The van der Waals surface area contributed by atoms with Gasteiger partial charge in [0.25, 0.3) is 0 Å². The summed E-state index contributed by atoms with van der Waals surface area (Å²) in [5.74, 6) is -1.29. The summed E-state index contributed by atoms with van der Waals surface area (Å²) >= 11 is 0. The maximum absolute atomic E-state index is 12.0. The van der Waals surface area contributed by atoms with Crippen molar-refractivity contribution in [3.05, 3.63) is 29.8 Å². The summed E-state index contributed by atoms with van der Waals surface area (Å²) in [5, 5.41) is 8.90. The third kappa shape index (κ3) is 3.44. The topological polar surface area (TPSA) is 80.7 Å². The lowest BCUT2D eigenvalue weighted by molar-refractivity contribution is -0.146.